The molecule has 0 aromatic carbocycles. The lowest BCUT2D eigenvalue weighted by molar-refractivity contribution is -0.128. The van der Waals surface area contributed by atoms with Crippen molar-refractivity contribution >= 4 is 11.8 Å². The molecule has 0 unspecified atom stereocenters. The van der Waals surface area contributed by atoms with Gasteiger partial charge < -0.3 is 10.6 Å². The zero-order valence-corrected chi connectivity index (χ0v) is 9.51. The van der Waals surface area contributed by atoms with Crippen LogP contribution in [0.25, 0.3) is 0 Å². The Morgan fingerprint density at radius 1 is 1.27 bits per heavy atom. The van der Waals surface area contributed by atoms with Crippen LogP contribution in [0.3, 0.4) is 0 Å². The summed E-state index contributed by atoms with van der Waals surface area (Å²) in [5.74, 6) is -0.222. The maximum Gasteiger partial charge on any atom is 0.239 e. The molecular formula is C11H20N2O2. The van der Waals surface area contributed by atoms with Crippen LogP contribution in [0, 0.1) is 5.92 Å². The van der Waals surface area contributed by atoms with Crippen LogP contribution in [0.5, 0.6) is 0 Å². The summed E-state index contributed by atoms with van der Waals surface area (Å²) in [7, 11) is 0. The standard InChI is InChI=1S/C11H20N2O2/c1-4-7-12-10(14)8-13-11(15)9(5-2)6-3/h4,9H,1,5-8H2,2-3H3,(H,12,14)(H,13,15). The summed E-state index contributed by atoms with van der Waals surface area (Å²) in [6.07, 6.45) is 3.20. The van der Waals surface area contributed by atoms with Crippen LogP contribution in [0.15, 0.2) is 12.7 Å². The van der Waals surface area contributed by atoms with E-state index < -0.39 is 0 Å². The van der Waals surface area contributed by atoms with Crippen LogP contribution in [0.2, 0.25) is 0 Å². The summed E-state index contributed by atoms with van der Waals surface area (Å²) >= 11 is 0. The average Bonchev–Trinajstić information content (AvgIpc) is 2.25. The zero-order valence-electron chi connectivity index (χ0n) is 9.51. The Bertz CT molecular complexity index is 223. The second kappa shape index (κ2) is 8.03. The topological polar surface area (TPSA) is 58.2 Å². The highest BCUT2D eigenvalue weighted by atomic mass is 16.2. The second-order valence-electron chi connectivity index (χ2n) is 3.32. The molecule has 86 valence electrons. The first-order valence-electron chi connectivity index (χ1n) is 5.30. The monoisotopic (exact) mass is 212 g/mol. The minimum Gasteiger partial charge on any atom is -0.351 e. The van der Waals surface area contributed by atoms with E-state index >= 15 is 0 Å². The van der Waals surface area contributed by atoms with E-state index in [0.29, 0.717) is 6.54 Å². The molecule has 0 spiro atoms. The van der Waals surface area contributed by atoms with E-state index in [0.717, 1.165) is 12.8 Å². The Balaban J connectivity index is 3.78. The van der Waals surface area contributed by atoms with Gasteiger partial charge in [0, 0.05) is 12.5 Å². The van der Waals surface area contributed by atoms with Gasteiger partial charge >= 0.3 is 0 Å². The van der Waals surface area contributed by atoms with Crippen molar-refractivity contribution in [2.24, 2.45) is 5.92 Å². The van der Waals surface area contributed by atoms with E-state index in [1.807, 2.05) is 13.8 Å². The molecule has 2 N–H and O–H groups in total. The number of nitrogens with one attached hydrogen (secondary N) is 2. The van der Waals surface area contributed by atoms with Crippen molar-refractivity contribution in [3.8, 4) is 0 Å². The largest absolute Gasteiger partial charge is 0.351 e. The maximum atomic E-state index is 11.5. The number of rotatable bonds is 7. The van der Waals surface area contributed by atoms with E-state index in [-0.39, 0.29) is 24.3 Å². The van der Waals surface area contributed by atoms with Gasteiger partial charge in [-0.3, -0.25) is 9.59 Å². The highest BCUT2D eigenvalue weighted by molar-refractivity contribution is 5.85. The smallest absolute Gasteiger partial charge is 0.239 e. The minimum absolute atomic E-state index is 0.0113. The number of hydrogen-bond donors (Lipinski definition) is 2. The highest BCUT2D eigenvalue weighted by Crippen LogP contribution is 2.06. The van der Waals surface area contributed by atoms with Crippen LogP contribution in [-0.4, -0.2) is 24.9 Å². The predicted molar refractivity (Wildman–Crippen MR) is 60.3 cm³/mol. The molecule has 0 aliphatic rings. The summed E-state index contributed by atoms with van der Waals surface area (Å²) in [6.45, 7) is 7.88. The fourth-order valence-electron chi connectivity index (χ4n) is 1.22. The quantitative estimate of drug-likeness (QED) is 0.614. The van der Waals surface area contributed by atoms with Gasteiger partial charge in [-0.25, -0.2) is 0 Å². The van der Waals surface area contributed by atoms with Gasteiger partial charge in [-0.2, -0.15) is 0 Å². The molecule has 15 heavy (non-hydrogen) atoms. The molecule has 0 aromatic heterocycles. The number of carbonyl (C=O) groups excluding carboxylic acids is 2. The molecule has 4 heteroatoms. The van der Waals surface area contributed by atoms with E-state index in [1.165, 1.54) is 0 Å². The van der Waals surface area contributed by atoms with Crippen LogP contribution < -0.4 is 10.6 Å². The first-order chi connectivity index (χ1) is 7.15. The lowest BCUT2D eigenvalue weighted by Crippen LogP contribution is -2.39. The molecule has 0 bridgehead atoms. The van der Waals surface area contributed by atoms with E-state index in [4.69, 9.17) is 0 Å². The molecule has 0 atom stereocenters. The molecular weight excluding hydrogens is 192 g/mol. The Morgan fingerprint density at radius 2 is 1.87 bits per heavy atom. The lowest BCUT2D eigenvalue weighted by Gasteiger charge is -2.12. The van der Waals surface area contributed by atoms with Gasteiger partial charge in [0.1, 0.15) is 0 Å². The Kier molecular flexibility index (Phi) is 7.32. The fraction of sp³-hybridized carbons (Fsp3) is 0.636. The van der Waals surface area contributed by atoms with Crippen molar-refractivity contribution in [1.29, 1.82) is 0 Å². The summed E-state index contributed by atoms with van der Waals surface area (Å²) in [5.41, 5.74) is 0. The van der Waals surface area contributed by atoms with Crippen LogP contribution in [0.1, 0.15) is 26.7 Å². The van der Waals surface area contributed by atoms with Crippen molar-refractivity contribution in [3.05, 3.63) is 12.7 Å². The molecule has 2 amide bonds. The summed E-state index contributed by atoms with van der Waals surface area (Å²) in [5, 5.41) is 5.20. The van der Waals surface area contributed by atoms with Gasteiger partial charge in [-0.05, 0) is 12.8 Å². The van der Waals surface area contributed by atoms with Gasteiger partial charge in [0.2, 0.25) is 11.8 Å². The molecule has 4 nitrogen and oxygen atoms in total. The van der Waals surface area contributed by atoms with Crippen molar-refractivity contribution in [3.63, 3.8) is 0 Å². The normalized spacial score (nSPS) is 9.80. The molecule has 0 saturated carbocycles. The third-order valence-electron chi connectivity index (χ3n) is 2.22. The SMILES string of the molecule is C=CCNC(=O)CNC(=O)C(CC)CC. The van der Waals surface area contributed by atoms with E-state index in [9.17, 15) is 9.59 Å². The van der Waals surface area contributed by atoms with Gasteiger partial charge in [0.15, 0.2) is 0 Å². The molecule has 0 heterocycles. The maximum absolute atomic E-state index is 11.5. The average molecular weight is 212 g/mol. The fourth-order valence-corrected chi connectivity index (χ4v) is 1.22. The third-order valence-corrected chi connectivity index (χ3v) is 2.22. The number of carbonyl (C=O) groups is 2. The zero-order chi connectivity index (χ0) is 11.7. The van der Waals surface area contributed by atoms with Crippen molar-refractivity contribution in [1.82, 2.24) is 10.6 Å². The van der Waals surface area contributed by atoms with Crippen molar-refractivity contribution < 1.29 is 9.59 Å². The summed E-state index contributed by atoms with van der Waals surface area (Å²) in [6, 6.07) is 0. The molecule has 0 fully saturated rings. The second-order valence-corrected chi connectivity index (χ2v) is 3.32. The lowest BCUT2D eigenvalue weighted by atomic mass is 10.0. The van der Waals surface area contributed by atoms with Gasteiger partial charge in [0.05, 0.1) is 6.54 Å². The van der Waals surface area contributed by atoms with Crippen LogP contribution in [0.4, 0.5) is 0 Å². The Morgan fingerprint density at radius 3 is 2.33 bits per heavy atom. The van der Waals surface area contributed by atoms with Gasteiger partial charge in [-0.1, -0.05) is 19.9 Å². The van der Waals surface area contributed by atoms with Gasteiger partial charge in [0.25, 0.3) is 0 Å². The predicted octanol–water partition coefficient (Wildman–Crippen LogP) is 0.841. The van der Waals surface area contributed by atoms with Crippen LogP contribution >= 0.6 is 0 Å². The minimum atomic E-state index is -0.186. The summed E-state index contributed by atoms with van der Waals surface area (Å²) in [4.78, 5) is 22.6. The molecule has 0 radical (unpaired) electrons. The molecule has 0 aliphatic carbocycles. The van der Waals surface area contributed by atoms with Crippen molar-refractivity contribution in [2.45, 2.75) is 26.7 Å². The first kappa shape index (κ1) is 13.7. The van der Waals surface area contributed by atoms with E-state index in [2.05, 4.69) is 17.2 Å². The van der Waals surface area contributed by atoms with E-state index in [1.54, 1.807) is 6.08 Å². The van der Waals surface area contributed by atoms with Crippen molar-refractivity contribution in [2.75, 3.05) is 13.1 Å². The number of hydrogen-bond acceptors (Lipinski definition) is 2. The molecule has 0 saturated heterocycles. The Labute approximate surface area is 91.1 Å². The summed E-state index contributed by atoms with van der Waals surface area (Å²) < 4.78 is 0. The van der Waals surface area contributed by atoms with Gasteiger partial charge in [-0.15, -0.1) is 6.58 Å². The Hall–Kier alpha value is -1.32. The highest BCUT2D eigenvalue weighted by Gasteiger charge is 2.14. The molecule has 0 aromatic rings. The molecule has 0 aliphatic heterocycles. The van der Waals surface area contributed by atoms with Crippen LogP contribution in [-0.2, 0) is 9.59 Å². The number of amides is 2. The first-order valence-corrected chi connectivity index (χ1v) is 5.30. The third kappa shape index (κ3) is 5.88. The molecule has 0 rings (SSSR count).